The van der Waals surface area contributed by atoms with Crippen molar-refractivity contribution in [3.63, 3.8) is 0 Å². The van der Waals surface area contributed by atoms with Gasteiger partial charge >= 0.3 is 0 Å². The Balaban J connectivity index is 1.93. The van der Waals surface area contributed by atoms with Crippen molar-refractivity contribution in [3.05, 3.63) is 71.2 Å². The maximum absolute atomic E-state index is 13.5. The highest BCUT2D eigenvalue weighted by atomic mass is 19.1. The molecule has 0 aliphatic carbocycles. The van der Waals surface area contributed by atoms with Gasteiger partial charge in [-0.15, -0.1) is 0 Å². The minimum Gasteiger partial charge on any atom is -0.352 e. The highest BCUT2D eigenvalue weighted by Crippen LogP contribution is 2.21. The number of rotatable bonds is 4. The zero-order valence-corrected chi connectivity index (χ0v) is 14.5. The van der Waals surface area contributed by atoms with Gasteiger partial charge in [-0.25, -0.2) is 4.39 Å². The van der Waals surface area contributed by atoms with Gasteiger partial charge in [-0.3, -0.25) is 14.6 Å². The number of hydrogen-bond acceptors (Lipinski definition) is 3. The van der Waals surface area contributed by atoms with E-state index in [0.29, 0.717) is 40.0 Å². The van der Waals surface area contributed by atoms with E-state index in [2.05, 4.69) is 15.6 Å². The molecule has 132 valence electrons. The maximum atomic E-state index is 13.5. The van der Waals surface area contributed by atoms with E-state index in [-0.39, 0.29) is 11.8 Å². The molecule has 0 saturated heterocycles. The van der Waals surface area contributed by atoms with Crippen molar-refractivity contribution in [2.75, 3.05) is 11.9 Å². The molecule has 26 heavy (non-hydrogen) atoms. The molecule has 2 aromatic carbocycles. The van der Waals surface area contributed by atoms with E-state index in [0.717, 1.165) is 0 Å². The highest BCUT2D eigenvalue weighted by molar-refractivity contribution is 6.12. The molecule has 0 unspecified atom stereocenters. The van der Waals surface area contributed by atoms with Crippen molar-refractivity contribution < 1.29 is 14.0 Å². The third-order valence-corrected chi connectivity index (χ3v) is 3.86. The van der Waals surface area contributed by atoms with Gasteiger partial charge in [0.25, 0.3) is 11.8 Å². The predicted octanol–water partition coefficient (Wildman–Crippen LogP) is 3.68. The number of aromatic nitrogens is 1. The van der Waals surface area contributed by atoms with Gasteiger partial charge < -0.3 is 10.6 Å². The first kappa shape index (κ1) is 17.5. The maximum Gasteiger partial charge on any atom is 0.256 e. The lowest BCUT2D eigenvalue weighted by atomic mass is 10.1. The third kappa shape index (κ3) is 3.69. The van der Waals surface area contributed by atoms with Crippen LogP contribution in [0.3, 0.4) is 0 Å². The lowest BCUT2D eigenvalue weighted by Crippen LogP contribution is -2.22. The number of halogens is 1. The molecule has 3 aromatic rings. The minimum atomic E-state index is -0.406. The summed E-state index contributed by atoms with van der Waals surface area (Å²) in [4.78, 5) is 28.9. The topological polar surface area (TPSA) is 71.1 Å². The molecule has 0 aliphatic rings. The van der Waals surface area contributed by atoms with E-state index in [1.807, 2.05) is 6.92 Å². The smallest absolute Gasteiger partial charge is 0.256 e. The molecule has 5 nitrogen and oxygen atoms in total. The van der Waals surface area contributed by atoms with Crippen molar-refractivity contribution >= 4 is 28.4 Å². The number of anilines is 1. The van der Waals surface area contributed by atoms with Crippen LogP contribution in [0.15, 0.2) is 48.5 Å². The molecule has 0 aliphatic heterocycles. The first-order chi connectivity index (χ1) is 12.5. The number of carbonyl (C=O) groups excluding carboxylic acids is 2. The van der Waals surface area contributed by atoms with Crippen LogP contribution in [0, 0.1) is 12.7 Å². The van der Waals surface area contributed by atoms with Crippen molar-refractivity contribution in [3.8, 4) is 0 Å². The summed E-state index contributed by atoms with van der Waals surface area (Å²) in [6.07, 6.45) is 0. The van der Waals surface area contributed by atoms with Crippen LogP contribution < -0.4 is 10.6 Å². The number of amides is 2. The van der Waals surface area contributed by atoms with Gasteiger partial charge in [-0.1, -0.05) is 6.07 Å². The van der Waals surface area contributed by atoms with E-state index >= 15 is 0 Å². The molecule has 0 fully saturated rings. The quantitative estimate of drug-likeness (QED) is 0.753. The number of pyridine rings is 1. The number of fused-ring (bicyclic) bond motifs is 1. The van der Waals surface area contributed by atoms with Crippen LogP contribution in [0.4, 0.5) is 10.1 Å². The molecule has 0 saturated carbocycles. The average molecular weight is 351 g/mol. The number of hydrogen-bond donors (Lipinski definition) is 2. The monoisotopic (exact) mass is 351 g/mol. The van der Waals surface area contributed by atoms with Crippen molar-refractivity contribution in [2.45, 2.75) is 13.8 Å². The number of carbonyl (C=O) groups is 2. The van der Waals surface area contributed by atoms with Gasteiger partial charge in [-0.2, -0.15) is 0 Å². The lowest BCUT2D eigenvalue weighted by Gasteiger charge is -2.10. The molecule has 1 aromatic heterocycles. The van der Waals surface area contributed by atoms with Crippen molar-refractivity contribution in [1.29, 1.82) is 0 Å². The summed E-state index contributed by atoms with van der Waals surface area (Å²) >= 11 is 0. The molecule has 0 atom stereocenters. The second-order valence-electron chi connectivity index (χ2n) is 5.87. The summed E-state index contributed by atoms with van der Waals surface area (Å²) in [5.74, 6) is -0.957. The predicted molar refractivity (Wildman–Crippen MR) is 98.8 cm³/mol. The largest absolute Gasteiger partial charge is 0.352 e. The fourth-order valence-electron chi connectivity index (χ4n) is 2.72. The van der Waals surface area contributed by atoms with Crippen LogP contribution in [0.25, 0.3) is 10.9 Å². The van der Waals surface area contributed by atoms with Gasteiger partial charge in [0.15, 0.2) is 0 Å². The van der Waals surface area contributed by atoms with Crippen LogP contribution in [0.2, 0.25) is 0 Å². The SMILES string of the molecule is CCNC(=O)c1cccc(NC(=O)c2cc(C)nc3cc(F)ccc23)c1. The Hall–Kier alpha value is -3.28. The molecule has 6 heteroatoms. The number of aryl methyl sites for hydroxylation is 1. The van der Waals surface area contributed by atoms with E-state index in [4.69, 9.17) is 0 Å². The summed E-state index contributed by atoms with van der Waals surface area (Å²) in [5.41, 5.74) is 2.40. The Morgan fingerprint density at radius 1 is 1.08 bits per heavy atom. The minimum absolute atomic E-state index is 0.204. The van der Waals surface area contributed by atoms with Crippen LogP contribution in [0.1, 0.15) is 33.3 Å². The molecule has 0 bridgehead atoms. The van der Waals surface area contributed by atoms with Gasteiger partial charge in [0.1, 0.15) is 5.82 Å². The summed E-state index contributed by atoms with van der Waals surface area (Å²) in [6, 6.07) is 12.5. The second-order valence-corrected chi connectivity index (χ2v) is 5.87. The average Bonchev–Trinajstić information content (AvgIpc) is 2.61. The molecule has 1 heterocycles. The Morgan fingerprint density at radius 2 is 1.88 bits per heavy atom. The van der Waals surface area contributed by atoms with E-state index in [9.17, 15) is 14.0 Å². The van der Waals surface area contributed by atoms with Crippen LogP contribution in [0.5, 0.6) is 0 Å². The third-order valence-electron chi connectivity index (χ3n) is 3.86. The molecular weight excluding hydrogens is 333 g/mol. The fourth-order valence-corrected chi connectivity index (χ4v) is 2.72. The first-order valence-electron chi connectivity index (χ1n) is 8.24. The molecule has 0 radical (unpaired) electrons. The number of benzene rings is 2. The van der Waals surface area contributed by atoms with Crippen LogP contribution >= 0.6 is 0 Å². The number of nitrogens with zero attached hydrogens (tertiary/aromatic N) is 1. The van der Waals surface area contributed by atoms with Crippen molar-refractivity contribution in [1.82, 2.24) is 10.3 Å². The standard InChI is InChI=1S/C20H18FN3O2/c1-3-22-19(25)13-5-4-6-15(10-13)24-20(26)17-9-12(2)23-18-11-14(21)7-8-16(17)18/h4-11H,3H2,1-2H3,(H,22,25)(H,24,26). The second kappa shape index (κ2) is 7.31. The summed E-state index contributed by atoms with van der Waals surface area (Å²) in [7, 11) is 0. The molecule has 0 spiro atoms. The molecule has 2 N–H and O–H groups in total. The Bertz CT molecular complexity index is 996. The first-order valence-corrected chi connectivity index (χ1v) is 8.24. The number of nitrogens with one attached hydrogen (secondary N) is 2. The normalized spacial score (nSPS) is 10.6. The van der Waals surface area contributed by atoms with Gasteiger partial charge in [0, 0.05) is 34.9 Å². The summed E-state index contributed by atoms with van der Waals surface area (Å²) in [5, 5.41) is 6.07. The van der Waals surface area contributed by atoms with E-state index in [1.54, 1.807) is 37.3 Å². The van der Waals surface area contributed by atoms with Crippen LogP contribution in [-0.4, -0.2) is 23.3 Å². The Kier molecular flexibility index (Phi) is 4.93. The molecule has 2 amide bonds. The van der Waals surface area contributed by atoms with Gasteiger partial charge in [0.2, 0.25) is 0 Å². The van der Waals surface area contributed by atoms with Gasteiger partial charge in [-0.05, 0) is 50.2 Å². The lowest BCUT2D eigenvalue weighted by molar-refractivity contribution is 0.0954. The van der Waals surface area contributed by atoms with E-state index in [1.165, 1.54) is 18.2 Å². The van der Waals surface area contributed by atoms with Gasteiger partial charge in [0.05, 0.1) is 11.1 Å². The summed E-state index contributed by atoms with van der Waals surface area (Å²) < 4.78 is 13.5. The molecular formula is C20H18FN3O2. The Labute approximate surface area is 150 Å². The summed E-state index contributed by atoms with van der Waals surface area (Å²) in [6.45, 7) is 4.11. The fraction of sp³-hybridized carbons (Fsp3) is 0.150. The molecule has 3 rings (SSSR count). The highest BCUT2D eigenvalue weighted by Gasteiger charge is 2.14. The van der Waals surface area contributed by atoms with E-state index < -0.39 is 5.82 Å². The Morgan fingerprint density at radius 3 is 2.65 bits per heavy atom. The zero-order chi connectivity index (χ0) is 18.7. The zero-order valence-electron chi connectivity index (χ0n) is 14.5. The van der Waals surface area contributed by atoms with Crippen molar-refractivity contribution in [2.24, 2.45) is 0 Å². The van der Waals surface area contributed by atoms with Crippen LogP contribution in [-0.2, 0) is 0 Å².